The van der Waals surface area contributed by atoms with E-state index in [2.05, 4.69) is 36.3 Å². The van der Waals surface area contributed by atoms with Gasteiger partial charge in [0.1, 0.15) is 0 Å². The molecule has 1 N–H and O–H groups in total. The third-order valence-corrected chi connectivity index (χ3v) is 3.80. The second-order valence-corrected chi connectivity index (χ2v) is 6.56. The maximum Gasteiger partial charge on any atom is 0.251 e. The Labute approximate surface area is 135 Å². The summed E-state index contributed by atoms with van der Waals surface area (Å²) in [7, 11) is 0. The van der Waals surface area contributed by atoms with Gasteiger partial charge >= 0.3 is 0 Å². The molecule has 3 rings (SSSR count). The number of nitrogens with zero attached hydrogens (tertiary/aromatic N) is 3. The van der Waals surface area contributed by atoms with Gasteiger partial charge in [0.15, 0.2) is 11.5 Å². The van der Waals surface area contributed by atoms with Crippen LogP contribution in [-0.4, -0.2) is 20.5 Å². The number of carbonyl (C=O) groups is 1. The number of nitrogens with one attached hydrogen (secondary N) is 1. The summed E-state index contributed by atoms with van der Waals surface area (Å²) in [5.41, 5.74) is 2.70. The van der Waals surface area contributed by atoms with E-state index in [1.54, 1.807) is 0 Å². The van der Waals surface area contributed by atoms with Gasteiger partial charge in [0.2, 0.25) is 0 Å². The number of amides is 1. The Morgan fingerprint density at radius 1 is 1.09 bits per heavy atom. The average molecular weight is 308 g/mol. The Morgan fingerprint density at radius 3 is 2.52 bits per heavy atom. The van der Waals surface area contributed by atoms with Crippen molar-refractivity contribution in [2.75, 3.05) is 0 Å². The predicted octanol–water partition coefficient (Wildman–Crippen LogP) is 2.96. The second kappa shape index (κ2) is 5.83. The lowest BCUT2D eigenvalue weighted by Crippen LogP contribution is -2.24. The average Bonchev–Trinajstić information content (AvgIpc) is 2.95. The Hall–Kier alpha value is -2.69. The number of aromatic nitrogens is 3. The highest BCUT2D eigenvalue weighted by molar-refractivity contribution is 5.94. The predicted molar refractivity (Wildman–Crippen MR) is 89.3 cm³/mol. The van der Waals surface area contributed by atoms with Crippen LogP contribution < -0.4 is 5.32 Å². The SMILES string of the molecule is CC(C)(C)c1ccc(C(=O)NCc2nnc3ccccn23)cc1. The van der Waals surface area contributed by atoms with Crippen molar-refractivity contribution >= 4 is 11.6 Å². The van der Waals surface area contributed by atoms with Crippen LogP contribution in [0, 0.1) is 0 Å². The molecule has 0 aliphatic carbocycles. The van der Waals surface area contributed by atoms with Crippen LogP contribution in [0.4, 0.5) is 0 Å². The highest BCUT2D eigenvalue weighted by Gasteiger charge is 2.14. The standard InChI is InChI=1S/C18H20N4O/c1-18(2,3)14-9-7-13(8-10-14)17(23)19-12-16-21-20-15-6-4-5-11-22(15)16/h4-11H,12H2,1-3H3,(H,19,23). The van der Waals surface area contributed by atoms with Gasteiger partial charge in [0, 0.05) is 11.8 Å². The monoisotopic (exact) mass is 308 g/mol. The molecule has 5 heteroatoms. The molecule has 0 fully saturated rings. The first-order valence-electron chi connectivity index (χ1n) is 7.62. The fourth-order valence-electron chi connectivity index (χ4n) is 2.39. The van der Waals surface area contributed by atoms with E-state index in [0.717, 1.165) is 5.65 Å². The van der Waals surface area contributed by atoms with Crippen LogP contribution in [0.2, 0.25) is 0 Å². The number of hydrogen-bond acceptors (Lipinski definition) is 3. The molecule has 0 saturated heterocycles. The zero-order valence-electron chi connectivity index (χ0n) is 13.6. The number of benzene rings is 1. The summed E-state index contributed by atoms with van der Waals surface area (Å²) in [5, 5.41) is 11.1. The molecule has 0 spiro atoms. The summed E-state index contributed by atoms with van der Waals surface area (Å²) in [6.45, 7) is 6.79. The molecule has 5 nitrogen and oxygen atoms in total. The molecule has 2 aromatic heterocycles. The van der Waals surface area contributed by atoms with Crippen LogP contribution in [0.15, 0.2) is 48.7 Å². The van der Waals surface area contributed by atoms with Gasteiger partial charge in [0.25, 0.3) is 5.91 Å². The van der Waals surface area contributed by atoms with Crippen molar-refractivity contribution in [1.29, 1.82) is 0 Å². The summed E-state index contributed by atoms with van der Waals surface area (Å²) >= 11 is 0. The molecular weight excluding hydrogens is 288 g/mol. The molecule has 1 amide bonds. The molecule has 118 valence electrons. The normalized spacial score (nSPS) is 11.6. The van der Waals surface area contributed by atoms with E-state index < -0.39 is 0 Å². The lowest BCUT2D eigenvalue weighted by molar-refractivity contribution is 0.0949. The topological polar surface area (TPSA) is 59.3 Å². The van der Waals surface area contributed by atoms with Gasteiger partial charge < -0.3 is 5.32 Å². The molecule has 0 bridgehead atoms. The quantitative estimate of drug-likeness (QED) is 0.809. The van der Waals surface area contributed by atoms with Gasteiger partial charge in [-0.2, -0.15) is 0 Å². The van der Waals surface area contributed by atoms with Gasteiger partial charge in [-0.05, 0) is 35.2 Å². The maximum atomic E-state index is 12.3. The van der Waals surface area contributed by atoms with Crippen LogP contribution in [0.3, 0.4) is 0 Å². The molecule has 3 aromatic rings. The summed E-state index contributed by atoms with van der Waals surface area (Å²) < 4.78 is 1.86. The molecule has 1 aromatic carbocycles. The molecule has 0 unspecified atom stereocenters. The molecule has 2 heterocycles. The minimum absolute atomic E-state index is 0.0788. The van der Waals surface area contributed by atoms with Crippen molar-refractivity contribution in [2.45, 2.75) is 32.7 Å². The van der Waals surface area contributed by atoms with Crippen molar-refractivity contribution < 1.29 is 4.79 Å². The fraction of sp³-hybridized carbons (Fsp3) is 0.278. The van der Waals surface area contributed by atoms with Gasteiger partial charge in [-0.3, -0.25) is 9.20 Å². The van der Waals surface area contributed by atoms with Crippen LogP contribution in [-0.2, 0) is 12.0 Å². The van der Waals surface area contributed by atoms with E-state index in [1.165, 1.54) is 5.56 Å². The van der Waals surface area contributed by atoms with Crippen LogP contribution >= 0.6 is 0 Å². The van der Waals surface area contributed by atoms with E-state index in [4.69, 9.17) is 0 Å². The second-order valence-electron chi connectivity index (χ2n) is 6.56. The first-order chi connectivity index (χ1) is 10.9. The molecule has 0 saturated carbocycles. The highest BCUT2D eigenvalue weighted by atomic mass is 16.1. The Balaban J connectivity index is 1.70. The minimum atomic E-state index is -0.113. The lowest BCUT2D eigenvalue weighted by atomic mass is 9.87. The molecule has 23 heavy (non-hydrogen) atoms. The van der Waals surface area contributed by atoms with Gasteiger partial charge in [0.05, 0.1) is 6.54 Å². The zero-order valence-corrected chi connectivity index (χ0v) is 13.6. The van der Waals surface area contributed by atoms with Crippen molar-refractivity contribution in [2.24, 2.45) is 0 Å². The smallest absolute Gasteiger partial charge is 0.251 e. The number of hydrogen-bond donors (Lipinski definition) is 1. The Kier molecular flexibility index (Phi) is 3.86. The lowest BCUT2D eigenvalue weighted by Gasteiger charge is -2.19. The molecule has 0 aliphatic rings. The van der Waals surface area contributed by atoms with E-state index in [0.29, 0.717) is 17.9 Å². The number of fused-ring (bicyclic) bond motifs is 1. The summed E-state index contributed by atoms with van der Waals surface area (Å²) in [5.74, 6) is 0.596. The summed E-state index contributed by atoms with van der Waals surface area (Å²) in [6, 6.07) is 13.4. The highest BCUT2D eigenvalue weighted by Crippen LogP contribution is 2.22. The minimum Gasteiger partial charge on any atom is -0.345 e. The third-order valence-electron chi connectivity index (χ3n) is 3.80. The van der Waals surface area contributed by atoms with E-state index in [1.807, 2.05) is 53.1 Å². The molecule has 0 radical (unpaired) electrons. The van der Waals surface area contributed by atoms with Crippen LogP contribution in [0.5, 0.6) is 0 Å². The molecule has 0 atom stereocenters. The first-order valence-corrected chi connectivity index (χ1v) is 7.62. The zero-order chi connectivity index (χ0) is 16.4. The maximum absolute atomic E-state index is 12.3. The van der Waals surface area contributed by atoms with Crippen molar-refractivity contribution in [3.05, 3.63) is 65.6 Å². The number of pyridine rings is 1. The van der Waals surface area contributed by atoms with Crippen LogP contribution in [0.1, 0.15) is 42.5 Å². The van der Waals surface area contributed by atoms with Crippen molar-refractivity contribution in [1.82, 2.24) is 19.9 Å². The van der Waals surface area contributed by atoms with Gasteiger partial charge in [-0.15, -0.1) is 10.2 Å². The van der Waals surface area contributed by atoms with Crippen molar-refractivity contribution in [3.8, 4) is 0 Å². The molecular formula is C18H20N4O. The molecule has 0 aliphatic heterocycles. The van der Waals surface area contributed by atoms with E-state index >= 15 is 0 Å². The number of carbonyl (C=O) groups excluding carboxylic acids is 1. The van der Waals surface area contributed by atoms with Gasteiger partial charge in [-0.1, -0.05) is 39.0 Å². The Morgan fingerprint density at radius 2 is 1.83 bits per heavy atom. The summed E-state index contributed by atoms with van der Waals surface area (Å²) in [4.78, 5) is 12.3. The van der Waals surface area contributed by atoms with Gasteiger partial charge in [-0.25, -0.2) is 0 Å². The van der Waals surface area contributed by atoms with Crippen LogP contribution in [0.25, 0.3) is 5.65 Å². The first kappa shape index (κ1) is 15.2. The summed E-state index contributed by atoms with van der Waals surface area (Å²) in [6.07, 6.45) is 1.88. The fourth-order valence-corrected chi connectivity index (χ4v) is 2.39. The van der Waals surface area contributed by atoms with Crippen molar-refractivity contribution in [3.63, 3.8) is 0 Å². The largest absolute Gasteiger partial charge is 0.345 e. The number of rotatable bonds is 3. The van der Waals surface area contributed by atoms with E-state index in [9.17, 15) is 4.79 Å². The Bertz CT molecular complexity index is 828. The van der Waals surface area contributed by atoms with E-state index in [-0.39, 0.29) is 11.3 Å². The third kappa shape index (κ3) is 3.23.